The molecular formula is C17H16FN3O2S. The molecule has 124 valence electrons. The zero-order valence-corrected chi connectivity index (χ0v) is 14.0. The van der Waals surface area contributed by atoms with Crippen molar-refractivity contribution >= 4 is 9.84 Å². The third-order valence-electron chi connectivity index (χ3n) is 3.94. The van der Waals surface area contributed by atoms with Crippen molar-refractivity contribution in [1.82, 2.24) is 14.8 Å². The molecule has 0 aliphatic rings. The Morgan fingerprint density at radius 3 is 2.29 bits per heavy atom. The van der Waals surface area contributed by atoms with Gasteiger partial charge in [0.05, 0.1) is 10.8 Å². The molecule has 0 saturated heterocycles. The lowest BCUT2D eigenvalue weighted by molar-refractivity contribution is 0.568. The first-order valence-electron chi connectivity index (χ1n) is 7.36. The van der Waals surface area contributed by atoms with Crippen molar-refractivity contribution in [2.45, 2.75) is 17.3 Å². The summed E-state index contributed by atoms with van der Waals surface area (Å²) in [5, 5.41) is 6.73. The Hall–Kier alpha value is -2.54. The average molecular weight is 345 g/mol. The number of sulfone groups is 1. The van der Waals surface area contributed by atoms with Gasteiger partial charge in [-0.15, -0.1) is 10.2 Å². The summed E-state index contributed by atoms with van der Waals surface area (Å²) in [6.07, 6.45) is 0. The van der Waals surface area contributed by atoms with Gasteiger partial charge in [0.25, 0.3) is 0 Å². The van der Waals surface area contributed by atoms with E-state index in [-0.39, 0.29) is 16.5 Å². The minimum atomic E-state index is -3.76. The van der Waals surface area contributed by atoms with Gasteiger partial charge in [-0.3, -0.25) is 0 Å². The predicted octanol–water partition coefficient (Wildman–Crippen LogP) is 3.16. The van der Waals surface area contributed by atoms with Crippen molar-refractivity contribution in [3.63, 3.8) is 0 Å². The minimum absolute atomic E-state index is 0.173. The highest BCUT2D eigenvalue weighted by Crippen LogP contribution is 2.29. The Balaban J connectivity index is 2.06. The summed E-state index contributed by atoms with van der Waals surface area (Å²) in [6, 6.07) is 14.9. The van der Waals surface area contributed by atoms with Crippen LogP contribution in [0.25, 0.3) is 11.4 Å². The van der Waals surface area contributed by atoms with E-state index < -0.39 is 20.9 Å². The Kier molecular flexibility index (Phi) is 4.19. The van der Waals surface area contributed by atoms with Crippen LogP contribution >= 0.6 is 0 Å². The third kappa shape index (κ3) is 2.71. The maximum Gasteiger partial charge on any atom is 0.250 e. The van der Waals surface area contributed by atoms with Gasteiger partial charge in [0.15, 0.2) is 5.82 Å². The van der Waals surface area contributed by atoms with Crippen LogP contribution in [0.3, 0.4) is 0 Å². The van der Waals surface area contributed by atoms with E-state index in [1.807, 2.05) is 6.07 Å². The summed E-state index contributed by atoms with van der Waals surface area (Å²) >= 11 is 0. The molecule has 0 unspecified atom stereocenters. The molecule has 7 heteroatoms. The highest BCUT2D eigenvalue weighted by molar-refractivity contribution is 7.91. The first-order valence-corrected chi connectivity index (χ1v) is 8.90. The second-order valence-corrected chi connectivity index (χ2v) is 7.61. The fourth-order valence-electron chi connectivity index (χ4n) is 2.50. The van der Waals surface area contributed by atoms with Gasteiger partial charge in [-0.05, 0) is 24.6 Å². The maximum absolute atomic E-state index is 14.0. The largest absolute Gasteiger partial charge is 0.301 e. The molecule has 0 bridgehead atoms. The summed E-state index contributed by atoms with van der Waals surface area (Å²) in [4.78, 5) is 0. The standard InChI is InChI=1S/C17H16FN3O2S/c1-12(13-8-4-3-5-9-13)24(22,23)17-20-19-16(21(17)2)14-10-6-7-11-15(14)18/h3-12H,1-2H3/t12-/m0/s1. The first kappa shape index (κ1) is 16.3. The van der Waals surface area contributed by atoms with Crippen LogP contribution in [0.5, 0.6) is 0 Å². The minimum Gasteiger partial charge on any atom is -0.301 e. The summed E-state index contributed by atoms with van der Waals surface area (Å²) in [5.74, 6) is -0.306. The molecule has 0 fully saturated rings. The van der Waals surface area contributed by atoms with Crippen molar-refractivity contribution in [2.24, 2.45) is 7.05 Å². The van der Waals surface area contributed by atoms with Crippen LogP contribution in [0.4, 0.5) is 4.39 Å². The molecular weight excluding hydrogens is 329 g/mol. The molecule has 3 rings (SSSR count). The molecule has 0 N–H and O–H groups in total. The molecule has 2 aromatic carbocycles. The molecule has 3 aromatic rings. The van der Waals surface area contributed by atoms with Gasteiger partial charge in [0.1, 0.15) is 5.82 Å². The van der Waals surface area contributed by atoms with Gasteiger partial charge in [0, 0.05) is 7.05 Å². The van der Waals surface area contributed by atoms with E-state index in [0.29, 0.717) is 5.56 Å². The molecule has 0 amide bonds. The second-order valence-electron chi connectivity index (χ2n) is 5.44. The highest BCUT2D eigenvalue weighted by atomic mass is 32.2. The Bertz CT molecular complexity index is 969. The number of hydrogen-bond acceptors (Lipinski definition) is 4. The number of benzene rings is 2. The van der Waals surface area contributed by atoms with Crippen molar-refractivity contribution in [3.8, 4) is 11.4 Å². The van der Waals surface area contributed by atoms with Crippen molar-refractivity contribution in [2.75, 3.05) is 0 Å². The zero-order valence-electron chi connectivity index (χ0n) is 13.2. The zero-order chi connectivity index (χ0) is 17.3. The molecule has 1 aromatic heterocycles. The fourth-order valence-corrected chi connectivity index (χ4v) is 3.96. The molecule has 0 aliphatic heterocycles. The van der Waals surface area contributed by atoms with E-state index in [0.717, 1.165) is 0 Å². The molecule has 1 atom stereocenters. The fraction of sp³-hybridized carbons (Fsp3) is 0.176. The van der Waals surface area contributed by atoms with Crippen molar-refractivity contribution in [3.05, 3.63) is 66.0 Å². The van der Waals surface area contributed by atoms with E-state index in [1.54, 1.807) is 43.3 Å². The summed E-state index contributed by atoms with van der Waals surface area (Å²) in [6.45, 7) is 1.60. The predicted molar refractivity (Wildman–Crippen MR) is 88.4 cm³/mol. The lowest BCUT2D eigenvalue weighted by atomic mass is 10.2. The molecule has 0 radical (unpaired) electrons. The number of hydrogen-bond donors (Lipinski definition) is 0. The molecule has 24 heavy (non-hydrogen) atoms. The van der Waals surface area contributed by atoms with Gasteiger partial charge in [0.2, 0.25) is 15.0 Å². The summed E-state index contributed by atoms with van der Waals surface area (Å²) in [7, 11) is -2.24. The van der Waals surface area contributed by atoms with Crippen LogP contribution in [-0.4, -0.2) is 23.2 Å². The SMILES string of the molecule is C[C@@H](c1ccccc1)S(=O)(=O)c1nnc(-c2ccccc2F)n1C. The van der Waals surface area contributed by atoms with Gasteiger partial charge < -0.3 is 4.57 Å². The van der Waals surface area contributed by atoms with Gasteiger partial charge in [-0.2, -0.15) is 0 Å². The van der Waals surface area contributed by atoms with E-state index in [2.05, 4.69) is 10.2 Å². The van der Waals surface area contributed by atoms with Crippen LogP contribution in [0.2, 0.25) is 0 Å². The smallest absolute Gasteiger partial charge is 0.250 e. The highest BCUT2D eigenvalue weighted by Gasteiger charge is 2.31. The number of rotatable bonds is 4. The van der Waals surface area contributed by atoms with Crippen LogP contribution in [-0.2, 0) is 16.9 Å². The molecule has 0 saturated carbocycles. The monoisotopic (exact) mass is 345 g/mol. The van der Waals surface area contributed by atoms with Crippen LogP contribution < -0.4 is 0 Å². The van der Waals surface area contributed by atoms with E-state index in [1.165, 1.54) is 23.7 Å². The van der Waals surface area contributed by atoms with E-state index in [9.17, 15) is 12.8 Å². The van der Waals surface area contributed by atoms with Crippen LogP contribution in [0.15, 0.2) is 59.8 Å². The van der Waals surface area contributed by atoms with Gasteiger partial charge in [-0.1, -0.05) is 42.5 Å². The third-order valence-corrected chi connectivity index (χ3v) is 6.01. The molecule has 5 nitrogen and oxygen atoms in total. The van der Waals surface area contributed by atoms with Crippen LogP contribution in [0.1, 0.15) is 17.7 Å². The molecule has 0 spiro atoms. The average Bonchev–Trinajstić information content (AvgIpc) is 2.97. The van der Waals surface area contributed by atoms with Gasteiger partial charge in [-0.25, -0.2) is 12.8 Å². The van der Waals surface area contributed by atoms with E-state index >= 15 is 0 Å². The van der Waals surface area contributed by atoms with E-state index in [4.69, 9.17) is 0 Å². The summed E-state index contributed by atoms with van der Waals surface area (Å²) in [5.41, 5.74) is 0.870. The van der Waals surface area contributed by atoms with Crippen molar-refractivity contribution < 1.29 is 12.8 Å². The molecule has 0 aliphatic carbocycles. The Morgan fingerprint density at radius 2 is 1.62 bits per heavy atom. The lowest BCUT2D eigenvalue weighted by Gasteiger charge is -2.13. The maximum atomic E-state index is 14.0. The first-order chi connectivity index (χ1) is 11.4. The normalized spacial score (nSPS) is 13.0. The lowest BCUT2D eigenvalue weighted by Crippen LogP contribution is -2.15. The van der Waals surface area contributed by atoms with Gasteiger partial charge >= 0.3 is 0 Å². The topological polar surface area (TPSA) is 64.8 Å². The van der Waals surface area contributed by atoms with Crippen molar-refractivity contribution in [1.29, 1.82) is 0 Å². The number of aromatic nitrogens is 3. The quantitative estimate of drug-likeness (QED) is 0.728. The number of nitrogens with zero attached hydrogens (tertiary/aromatic N) is 3. The number of halogens is 1. The summed E-state index contributed by atoms with van der Waals surface area (Å²) < 4.78 is 41.0. The second kappa shape index (κ2) is 6.16. The molecule has 1 heterocycles. The Labute approximate surface area is 139 Å². The van der Waals surface area contributed by atoms with Crippen LogP contribution in [0, 0.1) is 5.82 Å². The Morgan fingerprint density at radius 1 is 1.00 bits per heavy atom.